The molecule has 0 fully saturated rings. The molecule has 7 heteroatoms. The number of benzene rings is 2. The second-order valence-electron chi connectivity index (χ2n) is 6.46. The number of aromatic nitrogens is 3. The number of carbonyl (C=O) groups is 1. The van der Waals surface area contributed by atoms with Gasteiger partial charge in [-0.15, -0.1) is 0 Å². The van der Waals surface area contributed by atoms with Gasteiger partial charge in [0.05, 0.1) is 11.9 Å². The van der Waals surface area contributed by atoms with Crippen LogP contribution in [0.5, 0.6) is 0 Å². The molecule has 0 atom stereocenters. The van der Waals surface area contributed by atoms with E-state index in [0.717, 1.165) is 33.8 Å². The van der Waals surface area contributed by atoms with Gasteiger partial charge in [0, 0.05) is 41.3 Å². The van der Waals surface area contributed by atoms with Gasteiger partial charge in [-0.25, -0.2) is 9.97 Å². The molecule has 28 heavy (non-hydrogen) atoms. The molecule has 0 saturated carbocycles. The molecule has 2 aromatic heterocycles. The van der Waals surface area contributed by atoms with Crippen LogP contribution in [-0.4, -0.2) is 20.3 Å². The highest BCUT2D eigenvalue weighted by molar-refractivity contribution is 6.30. The van der Waals surface area contributed by atoms with Gasteiger partial charge in [-0.2, -0.15) is 0 Å². The van der Waals surface area contributed by atoms with Crippen LogP contribution in [-0.2, 0) is 4.79 Å². The zero-order valence-electron chi connectivity index (χ0n) is 15.4. The number of imidazole rings is 1. The number of aryl methyl sites for hydroxylation is 1. The monoisotopic (exact) mass is 391 g/mol. The first kappa shape index (κ1) is 18.0. The Morgan fingerprint density at radius 3 is 2.61 bits per heavy atom. The third-order valence-electron chi connectivity index (χ3n) is 4.37. The predicted molar refractivity (Wildman–Crippen MR) is 112 cm³/mol. The maximum absolute atomic E-state index is 11.3. The van der Waals surface area contributed by atoms with Crippen molar-refractivity contribution in [2.24, 2.45) is 0 Å². The second-order valence-corrected chi connectivity index (χ2v) is 6.89. The summed E-state index contributed by atoms with van der Waals surface area (Å²) in [6.07, 6.45) is 5.42. The van der Waals surface area contributed by atoms with Crippen LogP contribution in [0.2, 0.25) is 5.02 Å². The molecule has 1 amide bonds. The molecule has 0 aliphatic rings. The molecule has 2 N–H and O–H groups in total. The number of halogens is 1. The maximum Gasteiger partial charge on any atom is 0.221 e. The number of nitrogens with zero attached hydrogens (tertiary/aromatic N) is 3. The van der Waals surface area contributed by atoms with Crippen molar-refractivity contribution >= 4 is 40.3 Å². The van der Waals surface area contributed by atoms with Gasteiger partial charge >= 0.3 is 0 Å². The van der Waals surface area contributed by atoms with Crippen molar-refractivity contribution in [2.45, 2.75) is 13.8 Å². The number of rotatable bonds is 4. The largest absolute Gasteiger partial charge is 0.337 e. The third-order valence-corrected chi connectivity index (χ3v) is 4.62. The van der Waals surface area contributed by atoms with Crippen LogP contribution in [0, 0.1) is 6.92 Å². The van der Waals surface area contributed by atoms with E-state index in [4.69, 9.17) is 11.6 Å². The fraction of sp³-hybridized carbons (Fsp3) is 0.0952. The first-order chi connectivity index (χ1) is 13.5. The van der Waals surface area contributed by atoms with E-state index in [1.165, 1.54) is 6.92 Å². The Morgan fingerprint density at radius 2 is 1.89 bits per heavy atom. The van der Waals surface area contributed by atoms with Gasteiger partial charge in [0.15, 0.2) is 11.5 Å². The first-order valence-electron chi connectivity index (χ1n) is 8.74. The molecule has 0 saturated heterocycles. The first-order valence-corrected chi connectivity index (χ1v) is 9.12. The van der Waals surface area contributed by atoms with Gasteiger partial charge in [-0.05, 0) is 42.8 Å². The Kier molecular flexibility index (Phi) is 4.71. The second kappa shape index (κ2) is 7.32. The molecule has 140 valence electrons. The molecular formula is C21H18ClN5O. The minimum atomic E-state index is -0.0950. The number of fused-ring (bicyclic) bond motifs is 1. The zero-order chi connectivity index (χ0) is 19.7. The van der Waals surface area contributed by atoms with Gasteiger partial charge in [-0.3, -0.25) is 9.20 Å². The lowest BCUT2D eigenvalue weighted by Crippen LogP contribution is -2.07. The summed E-state index contributed by atoms with van der Waals surface area (Å²) in [5.74, 6) is 0.553. The number of amides is 1. The molecule has 0 unspecified atom stereocenters. The average Bonchev–Trinajstić information content (AvgIpc) is 3.09. The number of carbonyl (C=O) groups excluding carboxylic acids is 1. The van der Waals surface area contributed by atoms with E-state index in [-0.39, 0.29) is 5.91 Å². The van der Waals surface area contributed by atoms with Crippen molar-refractivity contribution in [3.05, 3.63) is 71.6 Å². The van der Waals surface area contributed by atoms with Gasteiger partial charge < -0.3 is 10.6 Å². The molecule has 0 spiro atoms. The smallest absolute Gasteiger partial charge is 0.221 e. The van der Waals surface area contributed by atoms with Crippen LogP contribution in [0.4, 0.5) is 17.2 Å². The van der Waals surface area contributed by atoms with E-state index in [1.54, 1.807) is 6.20 Å². The summed E-state index contributed by atoms with van der Waals surface area (Å²) in [5.41, 5.74) is 5.30. The van der Waals surface area contributed by atoms with Crippen LogP contribution in [0.15, 0.2) is 61.1 Å². The lowest BCUT2D eigenvalue weighted by atomic mass is 10.1. The van der Waals surface area contributed by atoms with Crippen LogP contribution in [0.1, 0.15) is 12.5 Å². The molecule has 0 bridgehead atoms. The Hall–Kier alpha value is -3.38. The zero-order valence-corrected chi connectivity index (χ0v) is 16.2. The summed E-state index contributed by atoms with van der Waals surface area (Å²) in [4.78, 5) is 20.2. The third kappa shape index (κ3) is 3.54. The van der Waals surface area contributed by atoms with Crippen LogP contribution >= 0.6 is 11.6 Å². The maximum atomic E-state index is 11.3. The molecule has 6 nitrogen and oxygen atoms in total. The normalized spacial score (nSPS) is 10.8. The van der Waals surface area contributed by atoms with Crippen molar-refractivity contribution in [3.63, 3.8) is 0 Å². The summed E-state index contributed by atoms with van der Waals surface area (Å²) >= 11 is 5.99. The van der Waals surface area contributed by atoms with Crippen molar-refractivity contribution < 1.29 is 4.79 Å². The number of hydrogen-bond donors (Lipinski definition) is 2. The summed E-state index contributed by atoms with van der Waals surface area (Å²) in [5, 5.41) is 6.82. The summed E-state index contributed by atoms with van der Waals surface area (Å²) in [6, 6.07) is 13.4. The van der Waals surface area contributed by atoms with Crippen molar-refractivity contribution in [1.82, 2.24) is 14.4 Å². The van der Waals surface area contributed by atoms with E-state index in [1.807, 2.05) is 66.2 Å². The minimum Gasteiger partial charge on any atom is -0.337 e. The predicted octanol–water partition coefficient (Wildman–Crippen LogP) is 5.06. The molecule has 4 aromatic rings. The van der Waals surface area contributed by atoms with Gasteiger partial charge in [0.2, 0.25) is 5.91 Å². The molecule has 2 aromatic carbocycles. The summed E-state index contributed by atoms with van der Waals surface area (Å²) in [6.45, 7) is 3.44. The van der Waals surface area contributed by atoms with Crippen molar-refractivity contribution in [1.29, 1.82) is 0 Å². The average molecular weight is 392 g/mol. The summed E-state index contributed by atoms with van der Waals surface area (Å²) in [7, 11) is 0. The fourth-order valence-corrected chi connectivity index (χ4v) is 3.18. The Labute approximate surface area is 167 Å². The Morgan fingerprint density at radius 1 is 1.11 bits per heavy atom. The van der Waals surface area contributed by atoms with Gasteiger partial charge in [0.25, 0.3) is 0 Å². The van der Waals surface area contributed by atoms with E-state index >= 15 is 0 Å². The molecule has 4 rings (SSSR count). The Bertz CT molecular complexity index is 1170. The van der Waals surface area contributed by atoms with Crippen molar-refractivity contribution in [2.75, 3.05) is 10.6 Å². The molecular weight excluding hydrogens is 374 g/mol. The quantitative estimate of drug-likeness (QED) is 0.510. The standard InChI is InChI=1S/C21H18ClN5O/c1-13-11-17(7-8-18(13)25-14(2)28)26-20-21-24-12-19(27(21)10-9-23-20)15-3-5-16(22)6-4-15/h3-12H,1-2H3,(H,23,26)(H,25,28). The van der Waals surface area contributed by atoms with Gasteiger partial charge in [-0.1, -0.05) is 23.7 Å². The highest BCUT2D eigenvalue weighted by atomic mass is 35.5. The lowest BCUT2D eigenvalue weighted by molar-refractivity contribution is -0.114. The van der Waals surface area contributed by atoms with Crippen LogP contribution < -0.4 is 10.6 Å². The minimum absolute atomic E-state index is 0.0950. The molecule has 0 radical (unpaired) electrons. The highest BCUT2D eigenvalue weighted by Crippen LogP contribution is 2.27. The van der Waals surface area contributed by atoms with E-state index in [2.05, 4.69) is 20.6 Å². The van der Waals surface area contributed by atoms with Gasteiger partial charge in [0.1, 0.15) is 0 Å². The van der Waals surface area contributed by atoms with Crippen LogP contribution in [0.25, 0.3) is 16.9 Å². The fourth-order valence-electron chi connectivity index (χ4n) is 3.05. The van der Waals surface area contributed by atoms with E-state index in [9.17, 15) is 4.79 Å². The molecule has 0 aliphatic heterocycles. The van der Waals surface area contributed by atoms with E-state index < -0.39 is 0 Å². The molecule has 2 heterocycles. The van der Waals surface area contributed by atoms with E-state index in [0.29, 0.717) is 10.8 Å². The van der Waals surface area contributed by atoms with Crippen molar-refractivity contribution in [3.8, 4) is 11.3 Å². The number of anilines is 3. The van der Waals surface area contributed by atoms with Crippen LogP contribution in [0.3, 0.4) is 0 Å². The number of hydrogen-bond acceptors (Lipinski definition) is 4. The lowest BCUT2D eigenvalue weighted by Gasteiger charge is -2.11. The topological polar surface area (TPSA) is 71.3 Å². The molecule has 0 aliphatic carbocycles. The Balaban J connectivity index is 1.68. The number of nitrogens with one attached hydrogen (secondary N) is 2. The summed E-state index contributed by atoms with van der Waals surface area (Å²) < 4.78 is 1.98. The SMILES string of the molecule is CC(=O)Nc1ccc(Nc2nccn3c(-c4ccc(Cl)cc4)cnc23)cc1C. The highest BCUT2D eigenvalue weighted by Gasteiger charge is 2.11.